The highest BCUT2D eigenvalue weighted by Crippen LogP contribution is 2.13. The molecule has 0 atom stereocenters. The molecule has 0 unspecified atom stereocenters. The monoisotopic (exact) mass is 235 g/mol. The highest BCUT2D eigenvalue weighted by molar-refractivity contribution is 5.54. The predicted octanol–water partition coefficient (Wildman–Crippen LogP) is 2.00. The molecule has 86 valence electrons. The van der Waals surface area contributed by atoms with Crippen LogP contribution in [0.5, 0.6) is 0 Å². The van der Waals surface area contributed by atoms with Crippen LogP contribution in [-0.4, -0.2) is 25.1 Å². The minimum Gasteiger partial charge on any atom is -0.254 e. The molecule has 0 N–H and O–H groups in total. The van der Waals surface area contributed by atoms with E-state index in [0.29, 0.717) is 17.2 Å². The molecular weight excluding hydrogens is 226 g/mol. The number of pyridine rings is 2. The summed E-state index contributed by atoms with van der Waals surface area (Å²) in [6, 6.07) is 11.2. The Kier molecular flexibility index (Phi) is 2.71. The molecule has 3 aromatic heterocycles. The highest BCUT2D eigenvalue weighted by Gasteiger charge is 2.05. The van der Waals surface area contributed by atoms with Gasteiger partial charge in [-0.25, -0.2) is 4.98 Å². The summed E-state index contributed by atoms with van der Waals surface area (Å²) in [6.45, 7) is 0. The van der Waals surface area contributed by atoms with E-state index in [-0.39, 0.29) is 0 Å². The lowest BCUT2D eigenvalue weighted by molar-refractivity contribution is 0.971. The van der Waals surface area contributed by atoms with Crippen LogP contribution >= 0.6 is 0 Å². The van der Waals surface area contributed by atoms with Crippen molar-refractivity contribution in [2.75, 3.05) is 0 Å². The van der Waals surface area contributed by atoms with Gasteiger partial charge in [-0.3, -0.25) is 9.97 Å². The smallest absolute Gasteiger partial charge is 0.200 e. The molecule has 5 heteroatoms. The number of hydrogen-bond acceptors (Lipinski definition) is 5. The molecule has 5 nitrogen and oxygen atoms in total. The summed E-state index contributed by atoms with van der Waals surface area (Å²) < 4.78 is 0. The lowest BCUT2D eigenvalue weighted by atomic mass is 10.3. The van der Waals surface area contributed by atoms with E-state index < -0.39 is 0 Å². The molecule has 0 aliphatic rings. The second-order valence-electron chi connectivity index (χ2n) is 3.60. The molecule has 0 radical (unpaired) electrons. The van der Waals surface area contributed by atoms with Crippen molar-refractivity contribution < 1.29 is 0 Å². The lowest BCUT2D eigenvalue weighted by Gasteiger charge is -2.00. The fraction of sp³-hybridized carbons (Fsp3) is 0. The van der Waals surface area contributed by atoms with Gasteiger partial charge in [-0.05, 0) is 24.3 Å². The molecule has 0 saturated heterocycles. The predicted molar refractivity (Wildman–Crippen MR) is 66.3 cm³/mol. The number of hydrogen-bond donors (Lipinski definition) is 0. The second-order valence-corrected chi connectivity index (χ2v) is 3.60. The summed E-state index contributed by atoms with van der Waals surface area (Å²) >= 11 is 0. The van der Waals surface area contributed by atoms with E-state index in [9.17, 15) is 0 Å². The molecule has 3 aromatic rings. The molecule has 0 aromatic carbocycles. The lowest BCUT2D eigenvalue weighted by Crippen LogP contribution is -1.96. The third kappa shape index (κ3) is 2.06. The Bertz CT molecular complexity index is 564. The molecule has 0 aliphatic heterocycles. The van der Waals surface area contributed by atoms with E-state index in [4.69, 9.17) is 0 Å². The summed E-state index contributed by atoms with van der Waals surface area (Å²) in [5.41, 5.74) is 2.11. The Balaban J connectivity index is 1.95. The minimum absolute atomic E-state index is 0.510. The van der Waals surface area contributed by atoms with Crippen LogP contribution in [0.15, 0.2) is 55.0 Å². The van der Waals surface area contributed by atoms with Crippen LogP contribution in [0.1, 0.15) is 0 Å². The van der Waals surface area contributed by atoms with Crippen molar-refractivity contribution in [3.8, 4) is 22.9 Å². The van der Waals surface area contributed by atoms with Crippen molar-refractivity contribution in [3.63, 3.8) is 0 Å². The Morgan fingerprint density at radius 2 is 1.33 bits per heavy atom. The van der Waals surface area contributed by atoms with Gasteiger partial charge in [0, 0.05) is 12.4 Å². The molecule has 18 heavy (non-hydrogen) atoms. The zero-order valence-corrected chi connectivity index (χ0v) is 9.43. The zero-order chi connectivity index (χ0) is 12.2. The molecule has 0 amide bonds. The molecule has 0 saturated carbocycles. The molecule has 3 rings (SSSR count). The first-order valence-electron chi connectivity index (χ1n) is 5.46. The maximum Gasteiger partial charge on any atom is 0.200 e. The topological polar surface area (TPSA) is 64.5 Å². The number of nitrogens with zero attached hydrogens (tertiary/aromatic N) is 5. The maximum absolute atomic E-state index is 4.25. The Labute approximate surface area is 104 Å². The molecule has 0 spiro atoms. The van der Waals surface area contributed by atoms with Crippen molar-refractivity contribution in [3.05, 3.63) is 55.0 Å². The van der Waals surface area contributed by atoms with Crippen molar-refractivity contribution in [1.29, 1.82) is 0 Å². The van der Waals surface area contributed by atoms with E-state index in [0.717, 1.165) is 5.69 Å². The van der Waals surface area contributed by atoms with Gasteiger partial charge in [0.15, 0.2) is 5.82 Å². The molecule has 0 aliphatic carbocycles. The van der Waals surface area contributed by atoms with Gasteiger partial charge in [0.1, 0.15) is 11.4 Å². The van der Waals surface area contributed by atoms with Gasteiger partial charge >= 0.3 is 0 Å². The van der Waals surface area contributed by atoms with Gasteiger partial charge in [0.05, 0.1) is 11.9 Å². The Hall–Kier alpha value is -2.69. The van der Waals surface area contributed by atoms with Crippen molar-refractivity contribution in [1.82, 2.24) is 25.1 Å². The first-order chi connectivity index (χ1) is 8.93. The third-order valence-electron chi connectivity index (χ3n) is 2.38. The van der Waals surface area contributed by atoms with Crippen LogP contribution in [0.3, 0.4) is 0 Å². The second kappa shape index (κ2) is 4.67. The van der Waals surface area contributed by atoms with Crippen LogP contribution in [0, 0.1) is 0 Å². The van der Waals surface area contributed by atoms with Gasteiger partial charge in [0.25, 0.3) is 0 Å². The summed E-state index contributed by atoms with van der Waals surface area (Å²) in [4.78, 5) is 12.6. The van der Waals surface area contributed by atoms with Crippen molar-refractivity contribution in [2.24, 2.45) is 0 Å². The highest BCUT2D eigenvalue weighted by atomic mass is 15.2. The SMILES string of the molecule is c1ccc(-c2cnc(-c3ccccn3)nn2)nc1. The molecule has 0 bridgehead atoms. The van der Waals surface area contributed by atoms with E-state index in [1.807, 2.05) is 36.4 Å². The molecule has 0 fully saturated rings. The van der Waals surface area contributed by atoms with E-state index >= 15 is 0 Å². The largest absolute Gasteiger partial charge is 0.254 e. The Morgan fingerprint density at radius 1 is 0.611 bits per heavy atom. The molecular formula is C13H9N5. The number of rotatable bonds is 2. The van der Waals surface area contributed by atoms with Gasteiger partial charge in [-0.15, -0.1) is 10.2 Å². The first kappa shape index (κ1) is 10.5. The van der Waals surface area contributed by atoms with Gasteiger partial charge in [0.2, 0.25) is 0 Å². The summed E-state index contributed by atoms with van der Waals surface area (Å²) in [7, 11) is 0. The quantitative estimate of drug-likeness (QED) is 0.679. The molecule has 3 heterocycles. The van der Waals surface area contributed by atoms with Crippen LogP contribution < -0.4 is 0 Å². The minimum atomic E-state index is 0.510. The average molecular weight is 235 g/mol. The first-order valence-corrected chi connectivity index (χ1v) is 5.46. The fourth-order valence-corrected chi connectivity index (χ4v) is 1.52. The van der Waals surface area contributed by atoms with Crippen LogP contribution in [0.2, 0.25) is 0 Å². The standard InChI is InChI=1S/C13H9N5/c1-3-7-14-10(5-1)12-9-16-13(18-17-12)11-6-2-4-8-15-11/h1-9H. The normalized spacial score (nSPS) is 10.2. The third-order valence-corrected chi connectivity index (χ3v) is 2.38. The van der Waals surface area contributed by atoms with Crippen LogP contribution in [0.25, 0.3) is 22.9 Å². The zero-order valence-electron chi connectivity index (χ0n) is 9.43. The summed E-state index contributed by atoms with van der Waals surface area (Å²) in [5.74, 6) is 0.510. The van der Waals surface area contributed by atoms with Gasteiger partial charge in [-0.1, -0.05) is 12.1 Å². The van der Waals surface area contributed by atoms with E-state index in [2.05, 4.69) is 25.1 Å². The van der Waals surface area contributed by atoms with Crippen molar-refractivity contribution in [2.45, 2.75) is 0 Å². The van der Waals surface area contributed by atoms with Gasteiger partial charge in [-0.2, -0.15) is 0 Å². The Morgan fingerprint density at radius 3 is 1.89 bits per heavy atom. The van der Waals surface area contributed by atoms with Crippen LogP contribution in [-0.2, 0) is 0 Å². The number of aromatic nitrogens is 5. The van der Waals surface area contributed by atoms with Crippen molar-refractivity contribution >= 4 is 0 Å². The summed E-state index contributed by atoms with van der Waals surface area (Å²) in [6.07, 6.45) is 5.06. The van der Waals surface area contributed by atoms with Gasteiger partial charge < -0.3 is 0 Å². The van der Waals surface area contributed by atoms with Crippen LogP contribution in [0.4, 0.5) is 0 Å². The fourth-order valence-electron chi connectivity index (χ4n) is 1.52. The van der Waals surface area contributed by atoms with E-state index in [1.165, 1.54) is 0 Å². The van der Waals surface area contributed by atoms with E-state index in [1.54, 1.807) is 18.6 Å². The summed E-state index contributed by atoms with van der Waals surface area (Å²) in [5, 5.41) is 8.17. The average Bonchev–Trinajstić information content (AvgIpc) is 2.49. The maximum atomic E-state index is 4.25.